The standard InChI is InChI=1S/C27H32F3N5O5S/c1-16-13-35(23(32)39-16)14-17-8-6-11-20(31)21(17)33-24(37)41-34-26(5,15-38-22(36)25(2,3)4)18-9-7-10-19(12-18)40-27(28,29)30/h6-13,32,34H,14-15,31H2,1-5H3,(H,33,37). The first-order valence-electron chi connectivity index (χ1n) is 12.3. The van der Waals surface area contributed by atoms with Gasteiger partial charge in [0.2, 0.25) is 0 Å². The average Bonchev–Trinajstić information content (AvgIpc) is 3.18. The number of oxazole rings is 1. The number of nitrogen functional groups attached to an aromatic ring is 1. The zero-order valence-electron chi connectivity index (χ0n) is 23.1. The molecule has 1 heterocycles. The number of carbonyl (C=O) groups is 2. The number of ether oxygens (including phenoxy) is 2. The fraction of sp³-hybridized carbons (Fsp3) is 0.370. The lowest BCUT2D eigenvalue weighted by molar-refractivity contribution is -0.274. The summed E-state index contributed by atoms with van der Waals surface area (Å²) in [7, 11) is 0. The van der Waals surface area contributed by atoms with Gasteiger partial charge in [-0.1, -0.05) is 24.3 Å². The van der Waals surface area contributed by atoms with Crippen LogP contribution in [-0.4, -0.2) is 28.7 Å². The van der Waals surface area contributed by atoms with E-state index in [4.69, 9.17) is 20.3 Å². The summed E-state index contributed by atoms with van der Waals surface area (Å²) >= 11 is 0.610. The number of rotatable bonds is 9. The topological polar surface area (TPSA) is 145 Å². The molecule has 3 rings (SSSR count). The Hall–Kier alpha value is -3.91. The van der Waals surface area contributed by atoms with Crippen LogP contribution in [0.15, 0.2) is 53.1 Å². The highest BCUT2D eigenvalue weighted by atomic mass is 32.2. The molecule has 1 unspecified atom stereocenters. The number of hydrogen-bond acceptors (Lipinski definition) is 9. The van der Waals surface area contributed by atoms with Crippen LogP contribution < -0.4 is 26.2 Å². The van der Waals surface area contributed by atoms with Crippen molar-refractivity contribution in [1.29, 1.82) is 5.41 Å². The number of esters is 1. The summed E-state index contributed by atoms with van der Waals surface area (Å²) in [5, 5.41) is 10.1. The molecule has 0 aliphatic heterocycles. The molecule has 222 valence electrons. The highest BCUT2D eigenvalue weighted by molar-refractivity contribution is 8.12. The van der Waals surface area contributed by atoms with Crippen LogP contribution in [0, 0.1) is 17.7 Å². The molecule has 0 bridgehead atoms. The van der Waals surface area contributed by atoms with Crippen LogP contribution in [0.4, 0.5) is 29.3 Å². The van der Waals surface area contributed by atoms with Gasteiger partial charge in [0, 0.05) is 18.1 Å². The molecule has 0 fully saturated rings. The van der Waals surface area contributed by atoms with Crippen molar-refractivity contribution in [2.75, 3.05) is 17.7 Å². The Morgan fingerprint density at radius 3 is 2.41 bits per heavy atom. The monoisotopic (exact) mass is 595 g/mol. The van der Waals surface area contributed by atoms with Gasteiger partial charge < -0.3 is 24.9 Å². The van der Waals surface area contributed by atoms with Gasteiger partial charge in [0.15, 0.2) is 0 Å². The van der Waals surface area contributed by atoms with Crippen molar-refractivity contribution >= 4 is 34.5 Å². The maximum atomic E-state index is 13.1. The Morgan fingerprint density at radius 2 is 1.80 bits per heavy atom. The summed E-state index contributed by atoms with van der Waals surface area (Å²) in [6, 6.07) is 10.2. The van der Waals surface area contributed by atoms with Crippen LogP contribution in [0.3, 0.4) is 0 Å². The van der Waals surface area contributed by atoms with Crippen molar-refractivity contribution in [3.8, 4) is 5.75 Å². The van der Waals surface area contributed by atoms with Crippen molar-refractivity contribution in [2.24, 2.45) is 5.41 Å². The molecule has 1 atom stereocenters. The number of anilines is 2. The van der Waals surface area contributed by atoms with Gasteiger partial charge >= 0.3 is 12.3 Å². The molecule has 14 heteroatoms. The van der Waals surface area contributed by atoms with Gasteiger partial charge in [-0.25, -0.2) is 4.72 Å². The zero-order chi connectivity index (χ0) is 30.6. The van der Waals surface area contributed by atoms with Crippen LogP contribution in [0.25, 0.3) is 0 Å². The first-order chi connectivity index (χ1) is 19.0. The third-order valence-corrected chi connectivity index (χ3v) is 6.62. The van der Waals surface area contributed by atoms with E-state index in [9.17, 15) is 22.8 Å². The minimum atomic E-state index is -4.91. The molecule has 2 aromatic carbocycles. The molecular weight excluding hydrogens is 563 g/mol. The predicted molar refractivity (Wildman–Crippen MR) is 148 cm³/mol. The molecule has 1 aromatic heterocycles. The van der Waals surface area contributed by atoms with Crippen LogP contribution in [0.5, 0.6) is 5.75 Å². The number of amides is 1. The molecule has 0 saturated heterocycles. The Labute approximate surface area is 239 Å². The van der Waals surface area contributed by atoms with Gasteiger partial charge in [-0.2, -0.15) is 0 Å². The number of nitrogens with one attached hydrogen (secondary N) is 3. The highest BCUT2D eigenvalue weighted by Crippen LogP contribution is 2.32. The van der Waals surface area contributed by atoms with E-state index in [1.807, 2.05) is 0 Å². The first kappa shape index (κ1) is 31.6. The van der Waals surface area contributed by atoms with E-state index in [2.05, 4.69) is 14.8 Å². The van der Waals surface area contributed by atoms with Crippen LogP contribution in [0.1, 0.15) is 44.6 Å². The first-order valence-corrected chi connectivity index (χ1v) is 13.2. The van der Waals surface area contributed by atoms with E-state index < -0.39 is 34.3 Å². The molecule has 3 aromatic rings. The summed E-state index contributed by atoms with van der Waals surface area (Å²) in [5.41, 5.74) is 5.40. The minimum absolute atomic E-state index is 0.0736. The van der Waals surface area contributed by atoms with Crippen LogP contribution >= 0.6 is 11.9 Å². The second-order valence-electron chi connectivity index (χ2n) is 10.5. The number of carbonyl (C=O) groups excluding carboxylic acids is 2. The van der Waals surface area contributed by atoms with E-state index in [1.165, 1.54) is 12.1 Å². The fourth-order valence-electron chi connectivity index (χ4n) is 3.64. The Bertz CT molecular complexity index is 1460. The van der Waals surface area contributed by atoms with Crippen molar-refractivity contribution < 1.29 is 36.7 Å². The fourth-order valence-corrected chi connectivity index (χ4v) is 4.29. The van der Waals surface area contributed by atoms with E-state index in [0.717, 1.165) is 12.1 Å². The molecule has 41 heavy (non-hydrogen) atoms. The van der Waals surface area contributed by atoms with Crippen molar-refractivity contribution in [1.82, 2.24) is 9.29 Å². The Kier molecular flexibility index (Phi) is 9.49. The van der Waals surface area contributed by atoms with E-state index >= 15 is 0 Å². The summed E-state index contributed by atoms with van der Waals surface area (Å²) in [5.74, 6) is -0.465. The number of hydrogen-bond donors (Lipinski definition) is 4. The van der Waals surface area contributed by atoms with Gasteiger partial charge in [0.25, 0.3) is 10.9 Å². The Morgan fingerprint density at radius 1 is 1.12 bits per heavy atom. The van der Waals surface area contributed by atoms with Gasteiger partial charge in [0.05, 0.1) is 28.9 Å². The second kappa shape index (κ2) is 12.3. The molecule has 0 aliphatic rings. The summed E-state index contributed by atoms with van der Waals surface area (Å²) in [6.45, 7) is 8.16. The Balaban J connectivity index is 1.83. The molecule has 10 nitrogen and oxygen atoms in total. The number of nitrogens with zero attached hydrogens (tertiary/aromatic N) is 1. The number of halogens is 3. The zero-order valence-corrected chi connectivity index (χ0v) is 24.0. The largest absolute Gasteiger partial charge is 0.573 e. The van der Waals surface area contributed by atoms with Gasteiger partial charge in [-0.3, -0.25) is 19.6 Å². The third kappa shape index (κ3) is 8.79. The lowest BCUT2D eigenvalue weighted by Crippen LogP contribution is -2.42. The van der Waals surface area contributed by atoms with Crippen molar-refractivity contribution in [3.63, 3.8) is 0 Å². The van der Waals surface area contributed by atoms with Gasteiger partial charge in [-0.05, 0) is 63.9 Å². The van der Waals surface area contributed by atoms with Crippen molar-refractivity contribution in [2.45, 2.75) is 53.1 Å². The summed E-state index contributed by atoms with van der Waals surface area (Å²) in [4.78, 5) is 25.5. The summed E-state index contributed by atoms with van der Waals surface area (Å²) < 4.78 is 57.8. The lowest BCUT2D eigenvalue weighted by atomic mass is 9.93. The SMILES string of the molecule is Cc1cn(Cc2cccc(N)c2NC(=O)SNC(C)(COC(=O)C(C)(C)C)c2cccc(OC(F)(F)F)c2)c(=N)o1. The van der Waals surface area contributed by atoms with Crippen molar-refractivity contribution in [3.05, 3.63) is 71.2 Å². The van der Waals surface area contributed by atoms with E-state index in [1.54, 1.807) is 63.6 Å². The van der Waals surface area contributed by atoms with Gasteiger partial charge in [0.1, 0.15) is 18.1 Å². The third-order valence-electron chi connectivity index (χ3n) is 5.78. The molecule has 0 spiro atoms. The summed E-state index contributed by atoms with van der Waals surface area (Å²) in [6.07, 6.45) is -3.26. The normalized spacial score (nSPS) is 13.4. The maximum Gasteiger partial charge on any atom is 0.573 e. The number of alkyl halides is 3. The number of aryl methyl sites for hydroxylation is 1. The lowest BCUT2D eigenvalue weighted by Gasteiger charge is -2.31. The van der Waals surface area contributed by atoms with Gasteiger partial charge in [-0.15, -0.1) is 13.2 Å². The second-order valence-corrected chi connectivity index (χ2v) is 11.3. The smallest absolute Gasteiger partial charge is 0.463 e. The number of benzene rings is 2. The number of para-hydroxylation sites is 1. The molecule has 0 aliphatic carbocycles. The van der Waals surface area contributed by atoms with E-state index in [-0.39, 0.29) is 30.1 Å². The molecule has 0 radical (unpaired) electrons. The number of aromatic nitrogens is 1. The van der Waals surface area contributed by atoms with Crippen LogP contribution in [0.2, 0.25) is 0 Å². The predicted octanol–water partition coefficient (Wildman–Crippen LogP) is 5.67. The van der Waals surface area contributed by atoms with E-state index in [0.29, 0.717) is 29.0 Å². The maximum absolute atomic E-state index is 13.1. The number of nitrogens with two attached hydrogens (primary N) is 1. The minimum Gasteiger partial charge on any atom is -0.463 e. The quantitative estimate of drug-likeness (QED) is 0.141. The highest BCUT2D eigenvalue weighted by Gasteiger charge is 2.35. The average molecular weight is 596 g/mol. The van der Waals surface area contributed by atoms with Crippen LogP contribution in [-0.2, 0) is 21.6 Å². The molecular formula is C27H32F3N5O5S. The molecule has 0 saturated carbocycles. The molecule has 5 N–H and O–H groups in total. The molecule has 1 amide bonds.